The molecule has 0 saturated carbocycles. The lowest BCUT2D eigenvalue weighted by Crippen LogP contribution is -2.29. The minimum atomic E-state index is -0.367. The van der Waals surface area contributed by atoms with E-state index in [1.54, 1.807) is 6.92 Å². The van der Waals surface area contributed by atoms with Crippen molar-refractivity contribution in [1.29, 1.82) is 0 Å². The molecule has 1 aromatic carbocycles. The Kier molecular flexibility index (Phi) is 3.87. The minimum absolute atomic E-state index is 0.0636. The van der Waals surface area contributed by atoms with Gasteiger partial charge in [-0.2, -0.15) is 0 Å². The fourth-order valence-electron chi connectivity index (χ4n) is 3.63. The first-order chi connectivity index (χ1) is 12.1. The van der Waals surface area contributed by atoms with Gasteiger partial charge in [0.1, 0.15) is 11.1 Å². The van der Waals surface area contributed by atoms with Crippen LogP contribution >= 0.6 is 0 Å². The summed E-state index contributed by atoms with van der Waals surface area (Å²) in [4.78, 5) is 31.6. The summed E-state index contributed by atoms with van der Waals surface area (Å²) >= 11 is 0. The van der Waals surface area contributed by atoms with Crippen molar-refractivity contribution < 1.29 is 9.21 Å². The lowest BCUT2D eigenvalue weighted by atomic mass is 9.98. The Labute approximate surface area is 144 Å². The average Bonchev–Trinajstić information content (AvgIpc) is 2.82. The summed E-state index contributed by atoms with van der Waals surface area (Å²) in [5.41, 5.74) is 2.52. The Bertz CT molecular complexity index is 1000. The van der Waals surface area contributed by atoms with E-state index >= 15 is 0 Å². The van der Waals surface area contributed by atoms with Crippen molar-refractivity contribution in [3.8, 4) is 0 Å². The van der Waals surface area contributed by atoms with E-state index in [4.69, 9.17) is 4.42 Å². The fourth-order valence-corrected chi connectivity index (χ4v) is 3.63. The van der Waals surface area contributed by atoms with Gasteiger partial charge in [0.2, 0.25) is 5.71 Å². The molecule has 128 valence electrons. The summed E-state index contributed by atoms with van der Waals surface area (Å²) in [6.07, 6.45) is 5.34. The highest BCUT2D eigenvalue weighted by Crippen LogP contribution is 2.29. The molecule has 1 amide bonds. The fraction of sp³-hybridized carbons (Fsp3) is 0.316. The number of hydrogen-bond acceptors (Lipinski definition) is 4. The maximum Gasteiger partial charge on any atom is 0.262 e. The molecule has 4 rings (SSSR count). The van der Waals surface area contributed by atoms with Crippen LogP contribution in [0.3, 0.4) is 0 Å². The van der Waals surface area contributed by atoms with Crippen molar-refractivity contribution in [2.24, 2.45) is 0 Å². The topological polar surface area (TPSA) is 88.0 Å². The Balaban J connectivity index is 1.72. The van der Waals surface area contributed by atoms with Gasteiger partial charge in [-0.15, -0.1) is 0 Å². The molecule has 1 atom stereocenters. The molecule has 2 aromatic heterocycles. The maximum absolute atomic E-state index is 12.9. The van der Waals surface area contributed by atoms with Gasteiger partial charge < -0.3 is 14.7 Å². The number of aromatic amines is 1. The van der Waals surface area contributed by atoms with Gasteiger partial charge in [-0.05, 0) is 37.3 Å². The molecule has 0 fully saturated rings. The SMILES string of the molecule is Cc1oc2nc[nH]c(=O)c2c1C(=O)N[C@H]1CCCCc2ccccc21. The van der Waals surface area contributed by atoms with Crippen LogP contribution in [0.15, 0.2) is 39.8 Å². The van der Waals surface area contributed by atoms with E-state index in [0.29, 0.717) is 5.76 Å². The molecule has 1 aliphatic carbocycles. The minimum Gasteiger partial charge on any atom is -0.442 e. The molecule has 0 saturated heterocycles. The largest absolute Gasteiger partial charge is 0.442 e. The second-order valence-corrected chi connectivity index (χ2v) is 6.42. The van der Waals surface area contributed by atoms with Gasteiger partial charge >= 0.3 is 0 Å². The van der Waals surface area contributed by atoms with Crippen LogP contribution in [0.2, 0.25) is 0 Å². The van der Waals surface area contributed by atoms with Crippen LogP contribution in [0.5, 0.6) is 0 Å². The molecular weight excluding hydrogens is 318 g/mol. The van der Waals surface area contributed by atoms with Crippen LogP contribution in [-0.2, 0) is 6.42 Å². The Morgan fingerprint density at radius 3 is 3.04 bits per heavy atom. The van der Waals surface area contributed by atoms with E-state index in [1.165, 1.54) is 11.9 Å². The highest BCUT2D eigenvalue weighted by Gasteiger charge is 2.25. The molecule has 0 spiro atoms. The third-order valence-corrected chi connectivity index (χ3v) is 4.82. The highest BCUT2D eigenvalue weighted by atomic mass is 16.3. The summed E-state index contributed by atoms with van der Waals surface area (Å²) in [6, 6.07) is 8.15. The van der Waals surface area contributed by atoms with E-state index in [-0.39, 0.29) is 34.2 Å². The zero-order valence-electron chi connectivity index (χ0n) is 14.0. The number of H-pyrrole nitrogens is 1. The van der Waals surface area contributed by atoms with E-state index in [2.05, 4.69) is 27.4 Å². The van der Waals surface area contributed by atoms with E-state index < -0.39 is 0 Å². The van der Waals surface area contributed by atoms with Gasteiger partial charge in [-0.1, -0.05) is 30.7 Å². The number of amides is 1. The first-order valence-corrected chi connectivity index (χ1v) is 8.50. The third kappa shape index (κ3) is 2.73. The first kappa shape index (κ1) is 15.6. The molecule has 2 N–H and O–H groups in total. The summed E-state index contributed by atoms with van der Waals surface area (Å²) in [5.74, 6) is 0.107. The highest BCUT2D eigenvalue weighted by molar-refractivity contribution is 6.06. The summed E-state index contributed by atoms with van der Waals surface area (Å²) in [6.45, 7) is 1.68. The van der Waals surface area contributed by atoms with Gasteiger partial charge in [-0.3, -0.25) is 9.59 Å². The summed E-state index contributed by atoms with van der Waals surface area (Å²) in [5, 5.41) is 3.31. The van der Waals surface area contributed by atoms with Gasteiger partial charge in [0.05, 0.1) is 17.9 Å². The number of furan rings is 1. The predicted octanol–water partition coefficient (Wildman–Crippen LogP) is 3.02. The number of nitrogens with one attached hydrogen (secondary N) is 2. The lowest BCUT2D eigenvalue weighted by molar-refractivity contribution is 0.0934. The lowest BCUT2D eigenvalue weighted by Gasteiger charge is -2.19. The molecule has 25 heavy (non-hydrogen) atoms. The van der Waals surface area contributed by atoms with Crippen LogP contribution < -0.4 is 10.9 Å². The second-order valence-electron chi connectivity index (χ2n) is 6.42. The van der Waals surface area contributed by atoms with Crippen LogP contribution in [0.4, 0.5) is 0 Å². The van der Waals surface area contributed by atoms with Crippen molar-refractivity contribution in [2.75, 3.05) is 0 Å². The standard InChI is InChI=1S/C19H19N3O3/c1-11-15(16-17(23)20-10-21-19(16)25-11)18(24)22-14-9-5-3-7-12-6-2-4-8-13(12)14/h2,4,6,8,10,14H,3,5,7,9H2,1H3,(H,22,24)(H,20,21,23)/t14-/m0/s1. The first-order valence-electron chi connectivity index (χ1n) is 8.50. The monoisotopic (exact) mass is 337 g/mol. The van der Waals surface area contributed by atoms with Gasteiger partial charge in [0.15, 0.2) is 0 Å². The molecule has 0 aliphatic heterocycles. The molecule has 3 aromatic rings. The van der Waals surface area contributed by atoms with E-state index in [1.807, 2.05) is 12.1 Å². The Morgan fingerprint density at radius 2 is 2.16 bits per heavy atom. The molecule has 0 unspecified atom stereocenters. The van der Waals surface area contributed by atoms with Crippen molar-refractivity contribution in [3.05, 3.63) is 63.4 Å². The quantitative estimate of drug-likeness (QED) is 0.704. The number of hydrogen-bond donors (Lipinski definition) is 2. The Morgan fingerprint density at radius 1 is 1.32 bits per heavy atom. The number of aromatic nitrogens is 2. The smallest absolute Gasteiger partial charge is 0.262 e. The molecule has 6 nitrogen and oxygen atoms in total. The van der Waals surface area contributed by atoms with Crippen LogP contribution in [0.25, 0.3) is 11.1 Å². The summed E-state index contributed by atoms with van der Waals surface area (Å²) in [7, 11) is 0. The van der Waals surface area contributed by atoms with E-state index in [9.17, 15) is 9.59 Å². The van der Waals surface area contributed by atoms with Gasteiger partial charge in [0, 0.05) is 0 Å². The number of rotatable bonds is 2. The predicted molar refractivity (Wildman–Crippen MR) is 93.6 cm³/mol. The van der Waals surface area contributed by atoms with Gasteiger partial charge in [-0.25, -0.2) is 4.98 Å². The number of carbonyl (C=O) groups is 1. The van der Waals surface area contributed by atoms with Crippen LogP contribution in [0, 0.1) is 6.92 Å². The second kappa shape index (κ2) is 6.20. The van der Waals surface area contributed by atoms with Crippen LogP contribution in [-0.4, -0.2) is 15.9 Å². The molecule has 6 heteroatoms. The van der Waals surface area contributed by atoms with Crippen molar-refractivity contribution in [2.45, 2.75) is 38.6 Å². The normalized spacial score (nSPS) is 17.1. The molecule has 0 bridgehead atoms. The van der Waals surface area contributed by atoms with E-state index in [0.717, 1.165) is 31.2 Å². The Hall–Kier alpha value is -2.89. The summed E-state index contributed by atoms with van der Waals surface area (Å²) < 4.78 is 5.49. The van der Waals surface area contributed by atoms with Crippen LogP contribution in [0.1, 0.15) is 52.5 Å². The molecule has 1 aliphatic rings. The maximum atomic E-state index is 12.9. The molecule has 0 radical (unpaired) electrons. The number of nitrogens with zero attached hydrogens (tertiary/aromatic N) is 1. The average molecular weight is 337 g/mol. The third-order valence-electron chi connectivity index (χ3n) is 4.82. The number of fused-ring (bicyclic) bond motifs is 2. The zero-order valence-corrected chi connectivity index (χ0v) is 14.0. The number of benzene rings is 1. The van der Waals surface area contributed by atoms with Crippen molar-refractivity contribution in [1.82, 2.24) is 15.3 Å². The number of aryl methyl sites for hydroxylation is 2. The zero-order chi connectivity index (χ0) is 17.4. The van der Waals surface area contributed by atoms with Crippen molar-refractivity contribution in [3.63, 3.8) is 0 Å². The van der Waals surface area contributed by atoms with Crippen molar-refractivity contribution >= 4 is 17.0 Å². The molecule has 2 heterocycles. The number of carbonyl (C=O) groups excluding carboxylic acids is 1. The molecular formula is C19H19N3O3. The van der Waals surface area contributed by atoms with Gasteiger partial charge in [0.25, 0.3) is 11.5 Å².